The van der Waals surface area contributed by atoms with Crippen molar-refractivity contribution in [2.75, 3.05) is 46.2 Å². The van der Waals surface area contributed by atoms with E-state index in [-0.39, 0.29) is 5.12 Å². The lowest BCUT2D eigenvalue weighted by atomic mass is 10.3. The maximum atomic E-state index is 11.7. The molecular weight excluding hydrogens is 393 g/mol. The second-order valence-corrected chi connectivity index (χ2v) is 11.1. The standard InChI is InChI=1S/C20H44N3O3PS/c1-16(2)22(17(3)4)27(23(18(5)6)19(7)8)26-12-11-25-13-14-28-20(24)15-21(9)10/h16-19H,11-15H2,1-10H3. The summed E-state index contributed by atoms with van der Waals surface area (Å²) in [5.41, 5.74) is 0. The number of thioether (sulfide) groups is 1. The number of nitrogens with zero attached hydrogens (tertiary/aromatic N) is 3. The molecule has 0 N–H and O–H groups in total. The topological polar surface area (TPSA) is 45.3 Å². The Morgan fingerprint density at radius 2 is 1.29 bits per heavy atom. The minimum atomic E-state index is -0.868. The SMILES string of the molecule is CC(C)N(C(C)C)P(OCCOCCSC(=O)CN(C)C)N(C(C)C)C(C)C. The van der Waals surface area contributed by atoms with Gasteiger partial charge in [-0.05, 0) is 69.5 Å². The molecular formula is C20H44N3O3PS. The monoisotopic (exact) mass is 437 g/mol. The van der Waals surface area contributed by atoms with E-state index in [2.05, 4.69) is 64.7 Å². The highest BCUT2D eigenvalue weighted by Crippen LogP contribution is 2.50. The molecule has 8 heteroatoms. The summed E-state index contributed by atoms with van der Waals surface area (Å²) in [7, 11) is 2.94. The Morgan fingerprint density at radius 1 is 0.821 bits per heavy atom. The van der Waals surface area contributed by atoms with Crippen LogP contribution in [0.25, 0.3) is 0 Å². The van der Waals surface area contributed by atoms with Gasteiger partial charge in [0.1, 0.15) is 0 Å². The van der Waals surface area contributed by atoms with Crippen LogP contribution in [0, 0.1) is 0 Å². The van der Waals surface area contributed by atoms with Gasteiger partial charge in [-0.2, -0.15) is 0 Å². The van der Waals surface area contributed by atoms with E-state index in [9.17, 15) is 4.79 Å². The lowest BCUT2D eigenvalue weighted by Gasteiger charge is -2.45. The van der Waals surface area contributed by atoms with Crippen LogP contribution in [-0.4, -0.2) is 89.7 Å². The third kappa shape index (κ3) is 11.4. The molecule has 0 radical (unpaired) electrons. The Balaban J connectivity index is 4.59. The predicted octanol–water partition coefficient (Wildman–Crippen LogP) is 4.31. The van der Waals surface area contributed by atoms with Crippen molar-refractivity contribution in [2.45, 2.75) is 79.6 Å². The average Bonchev–Trinajstić information content (AvgIpc) is 2.51. The highest BCUT2D eigenvalue weighted by atomic mass is 32.2. The number of carbonyl (C=O) groups excluding carboxylic acids is 1. The fourth-order valence-corrected chi connectivity index (χ4v) is 6.14. The first-order valence-electron chi connectivity index (χ1n) is 10.4. The maximum Gasteiger partial charge on any atom is 0.202 e. The molecule has 0 aromatic carbocycles. The molecule has 0 atom stereocenters. The van der Waals surface area contributed by atoms with Crippen LogP contribution in [0.1, 0.15) is 55.4 Å². The van der Waals surface area contributed by atoms with Gasteiger partial charge >= 0.3 is 0 Å². The summed E-state index contributed by atoms with van der Waals surface area (Å²) < 4.78 is 17.1. The lowest BCUT2D eigenvalue weighted by molar-refractivity contribution is -0.111. The van der Waals surface area contributed by atoms with Crippen molar-refractivity contribution in [3.8, 4) is 0 Å². The molecule has 0 aliphatic carbocycles. The van der Waals surface area contributed by atoms with Gasteiger partial charge < -0.3 is 14.2 Å². The molecule has 0 aliphatic rings. The first-order valence-corrected chi connectivity index (χ1v) is 12.5. The number of rotatable bonds is 15. The van der Waals surface area contributed by atoms with E-state index < -0.39 is 8.45 Å². The highest BCUT2D eigenvalue weighted by molar-refractivity contribution is 8.13. The Labute approximate surface area is 179 Å². The van der Waals surface area contributed by atoms with E-state index in [4.69, 9.17) is 9.26 Å². The van der Waals surface area contributed by atoms with Crippen molar-refractivity contribution in [3.05, 3.63) is 0 Å². The number of carbonyl (C=O) groups is 1. The summed E-state index contributed by atoms with van der Waals surface area (Å²) in [6.07, 6.45) is 0. The molecule has 28 heavy (non-hydrogen) atoms. The lowest BCUT2D eigenvalue weighted by Crippen LogP contribution is -2.43. The molecule has 0 fully saturated rings. The minimum Gasteiger partial charge on any atom is -0.378 e. The van der Waals surface area contributed by atoms with Crippen molar-refractivity contribution < 1.29 is 14.1 Å². The van der Waals surface area contributed by atoms with E-state index in [0.717, 1.165) is 0 Å². The molecule has 0 aromatic rings. The fourth-order valence-electron chi connectivity index (χ4n) is 3.03. The summed E-state index contributed by atoms with van der Waals surface area (Å²) in [6, 6.07) is 1.63. The molecule has 0 spiro atoms. The van der Waals surface area contributed by atoms with E-state index in [1.54, 1.807) is 0 Å². The van der Waals surface area contributed by atoms with E-state index in [1.165, 1.54) is 11.8 Å². The van der Waals surface area contributed by atoms with Crippen LogP contribution in [0.15, 0.2) is 0 Å². The van der Waals surface area contributed by atoms with Crippen molar-refractivity contribution in [3.63, 3.8) is 0 Å². The van der Waals surface area contributed by atoms with Gasteiger partial charge in [-0.25, -0.2) is 9.34 Å². The van der Waals surface area contributed by atoms with E-state index in [0.29, 0.717) is 56.3 Å². The second-order valence-electron chi connectivity index (χ2n) is 8.29. The van der Waals surface area contributed by atoms with Crippen LogP contribution in [0.2, 0.25) is 0 Å². The molecule has 168 valence electrons. The van der Waals surface area contributed by atoms with Gasteiger partial charge in [0.15, 0.2) is 8.45 Å². The summed E-state index contributed by atoms with van der Waals surface area (Å²) >= 11 is 1.34. The first-order chi connectivity index (χ1) is 13.0. The number of hydrogen-bond acceptors (Lipinski definition) is 7. The van der Waals surface area contributed by atoms with Crippen LogP contribution in [0.4, 0.5) is 0 Å². The molecule has 0 aliphatic heterocycles. The zero-order valence-corrected chi connectivity index (χ0v) is 21.5. The fraction of sp³-hybridized carbons (Fsp3) is 0.950. The van der Waals surface area contributed by atoms with Gasteiger partial charge in [-0.15, -0.1) is 0 Å². The molecule has 0 heterocycles. The molecule has 0 saturated carbocycles. The molecule has 6 nitrogen and oxygen atoms in total. The van der Waals surface area contributed by atoms with Crippen LogP contribution >= 0.6 is 20.2 Å². The van der Waals surface area contributed by atoms with E-state index >= 15 is 0 Å². The average molecular weight is 438 g/mol. The van der Waals surface area contributed by atoms with Gasteiger partial charge in [0, 0.05) is 29.9 Å². The van der Waals surface area contributed by atoms with Gasteiger partial charge in [-0.1, -0.05) is 11.8 Å². The molecule has 0 saturated heterocycles. The maximum absolute atomic E-state index is 11.7. The van der Waals surface area contributed by atoms with Crippen molar-refractivity contribution in [1.29, 1.82) is 0 Å². The normalized spacial score (nSPS) is 12.9. The van der Waals surface area contributed by atoms with Gasteiger partial charge in [0.2, 0.25) is 5.12 Å². The zero-order valence-electron chi connectivity index (χ0n) is 19.8. The van der Waals surface area contributed by atoms with Crippen LogP contribution in [0.5, 0.6) is 0 Å². The van der Waals surface area contributed by atoms with Crippen molar-refractivity contribution >= 4 is 25.3 Å². The Morgan fingerprint density at radius 3 is 1.68 bits per heavy atom. The Hall–Kier alpha value is 0.250. The van der Waals surface area contributed by atoms with Gasteiger partial charge in [0.05, 0.1) is 26.4 Å². The minimum absolute atomic E-state index is 0.183. The smallest absolute Gasteiger partial charge is 0.202 e. The third-order valence-electron chi connectivity index (χ3n) is 3.88. The third-order valence-corrected chi connectivity index (χ3v) is 7.76. The predicted molar refractivity (Wildman–Crippen MR) is 124 cm³/mol. The van der Waals surface area contributed by atoms with Crippen molar-refractivity contribution in [2.24, 2.45) is 0 Å². The van der Waals surface area contributed by atoms with Crippen LogP contribution in [-0.2, 0) is 14.1 Å². The molecule has 0 aromatic heterocycles. The van der Waals surface area contributed by atoms with Crippen molar-refractivity contribution in [1.82, 2.24) is 14.2 Å². The number of ether oxygens (including phenoxy) is 1. The first kappa shape index (κ1) is 28.2. The van der Waals surface area contributed by atoms with Gasteiger partial charge in [0.25, 0.3) is 0 Å². The van der Waals surface area contributed by atoms with E-state index in [1.807, 2.05) is 19.0 Å². The highest BCUT2D eigenvalue weighted by Gasteiger charge is 2.34. The Bertz CT molecular complexity index is 388. The number of hydrogen-bond donors (Lipinski definition) is 0. The molecule has 0 amide bonds. The number of likely N-dealkylation sites (N-methyl/N-ethyl adjacent to an activating group) is 1. The van der Waals surface area contributed by atoms with Crippen LogP contribution in [0.3, 0.4) is 0 Å². The molecule has 0 unspecified atom stereocenters. The summed E-state index contributed by atoms with van der Waals surface area (Å²) in [6.45, 7) is 20.0. The summed E-state index contributed by atoms with van der Waals surface area (Å²) in [5, 5.41) is 0.183. The molecule has 0 bridgehead atoms. The zero-order chi connectivity index (χ0) is 21.9. The second kappa shape index (κ2) is 15.1. The quantitative estimate of drug-likeness (QED) is 0.279. The largest absolute Gasteiger partial charge is 0.378 e. The molecule has 0 rings (SSSR count). The Kier molecular flexibility index (Phi) is 15.2. The summed E-state index contributed by atoms with van der Waals surface area (Å²) in [4.78, 5) is 13.6. The summed E-state index contributed by atoms with van der Waals surface area (Å²) in [5.74, 6) is 0.690. The van der Waals surface area contributed by atoms with Crippen LogP contribution < -0.4 is 0 Å². The van der Waals surface area contributed by atoms with Gasteiger partial charge in [-0.3, -0.25) is 4.79 Å².